The van der Waals surface area contributed by atoms with E-state index in [2.05, 4.69) is 19.7 Å². The molecule has 0 aliphatic carbocycles. The number of pyridine rings is 1. The van der Waals surface area contributed by atoms with Crippen LogP contribution in [-0.2, 0) is 10.0 Å². The lowest BCUT2D eigenvalue weighted by molar-refractivity contribution is 0.370. The van der Waals surface area contributed by atoms with Gasteiger partial charge in [0.1, 0.15) is 29.8 Å². The highest BCUT2D eigenvalue weighted by molar-refractivity contribution is 7.92. The van der Waals surface area contributed by atoms with E-state index in [1.165, 1.54) is 36.8 Å². The van der Waals surface area contributed by atoms with E-state index in [9.17, 15) is 12.8 Å². The van der Waals surface area contributed by atoms with Gasteiger partial charge in [-0.2, -0.15) is 5.26 Å². The molecule has 10 heteroatoms. The lowest BCUT2D eigenvalue weighted by atomic mass is 9.99. The van der Waals surface area contributed by atoms with Gasteiger partial charge in [-0.3, -0.25) is 9.71 Å². The van der Waals surface area contributed by atoms with Crippen molar-refractivity contribution in [1.82, 2.24) is 15.0 Å². The van der Waals surface area contributed by atoms with Crippen LogP contribution in [0.15, 0.2) is 96.4 Å². The second kappa shape index (κ2) is 10.0. The monoisotopic (exact) mass is 511 g/mol. The first-order valence-corrected chi connectivity index (χ1v) is 12.5. The van der Waals surface area contributed by atoms with Gasteiger partial charge in [0.05, 0.1) is 10.6 Å². The number of anilines is 1. The maximum absolute atomic E-state index is 13.8. The second-order valence-electron chi connectivity index (χ2n) is 7.91. The lowest BCUT2D eigenvalue weighted by Gasteiger charge is -2.14. The molecule has 5 aromatic rings. The molecule has 0 saturated heterocycles. The molecule has 5 rings (SSSR count). The van der Waals surface area contributed by atoms with E-state index in [0.29, 0.717) is 38.9 Å². The number of aromatic nitrogens is 3. The van der Waals surface area contributed by atoms with E-state index in [-0.39, 0.29) is 23.1 Å². The number of nitrogens with zero attached hydrogens (tertiary/aromatic N) is 4. The summed E-state index contributed by atoms with van der Waals surface area (Å²) in [4.78, 5) is 12.3. The molecule has 0 fully saturated rings. The molecule has 0 unspecified atom stereocenters. The van der Waals surface area contributed by atoms with Crippen LogP contribution in [0, 0.1) is 17.1 Å². The Bertz CT molecular complexity index is 1760. The Morgan fingerprint density at radius 2 is 1.81 bits per heavy atom. The smallest absolute Gasteiger partial charge is 0.263 e. The van der Waals surface area contributed by atoms with Crippen LogP contribution in [0.5, 0.6) is 5.75 Å². The number of fused-ring (bicyclic) bond motifs is 1. The van der Waals surface area contributed by atoms with Crippen LogP contribution in [0.2, 0.25) is 0 Å². The van der Waals surface area contributed by atoms with Crippen molar-refractivity contribution < 1.29 is 17.5 Å². The summed E-state index contributed by atoms with van der Waals surface area (Å²) in [6.07, 6.45) is 4.26. The fourth-order valence-electron chi connectivity index (χ4n) is 3.88. The first kappa shape index (κ1) is 23.8. The summed E-state index contributed by atoms with van der Waals surface area (Å²) in [7, 11) is -3.89. The molecule has 37 heavy (non-hydrogen) atoms. The average molecular weight is 512 g/mol. The number of halogens is 1. The third-order valence-electron chi connectivity index (χ3n) is 5.55. The molecule has 0 aliphatic heterocycles. The van der Waals surface area contributed by atoms with Crippen molar-refractivity contribution in [2.24, 2.45) is 0 Å². The number of sulfonamides is 1. The molecule has 0 radical (unpaired) electrons. The van der Waals surface area contributed by atoms with Crippen LogP contribution >= 0.6 is 0 Å². The van der Waals surface area contributed by atoms with Gasteiger partial charge in [0.15, 0.2) is 6.61 Å². The van der Waals surface area contributed by atoms with Crippen LogP contribution in [0.1, 0.15) is 0 Å². The number of hydrogen-bond acceptors (Lipinski definition) is 7. The van der Waals surface area contributed by atoms with Gasteiger partial charge >= 0.3 is 0 Å². The van der Waals surface area contributed by atoms with Crippen molar-refractivity contribution in [3.8, 4) is 34.2 Å². The topological polar surface area (TPSA) is 118 Å². The summed E-state index contributed by atoms with van der Waals surface area (Å²) in [6.45, 7) is -0.193. The molecule has 1 N–H and O–H groups in total. The number of nitrogens with one attached hydrogen (secondary N) is 1. The molecule has 0 atom stereocenters. The Kier molecular flexibility index (Phi) is 6.45. The van der Waals surface area contributed by atoms with Gasteiger partial charge in [-0.15, -0.1) is 0 Å². The first-order valence-electron chi connectivity index (χ1n) is 11.0. The van der Waals surface area contributed by atoms with Crippen molar-refractivity contribution in [1.29, 1.82) is 5.26 Å². The maximum Gasteiger partial charge on any atom is 0.263 e. The standard InChI is InChI=1S/C27H18FN5O3S/c28-21-3-1-2-18(14-21)19-4-6-24(25(16-19)36-13-10-29)27-23-7-5-22(15-20(23)8-12-31-27)37(34,35)33-26-9-11-30-17-32-26/h1-9,11-12,14-17H,13H2,(H,30,32,33). The minimum Gasteiger partial charge on any atom is -0.478 e. The van der Waals surface area contributed by atoms with Crippen molar-refractivity contribution >= 4 is 26.6 Å². The van der Waals surface area contributed by atoms with E-state index in [1.54, 1.807) is 48.7 Å². The van der Waals surface area contributed by atoms with Gasteiger partial charge in [0.25, 0.3) is 10.0 Å². The molecule has 0 aliphatic rings. The molecule has 0 amide bonds. The van der Waals surface area contributed by atoms with Gasteiger partial charge in [-0.25, -0.2) is 22.8 Å². The zero-order valence-electron chi connectivity index (χ0n) is 19.2. The van der Waals surface area contributed by atoms with Gasteiger partial charge in [0.2, 0.25) is 0 Å². The fourth-order valence-corrected chi connectivity index (χ4v) is 4.92. The number of hydrogen-bond donors (Lipinski definition) is 1. The molecule has 0 spiro atoms. The average Bonchev–Trinajstić information content (AvgIpc) is 2.91. The number of rotatable bonds is 7. The minimum absolute atomic E-state index is 0.0539. The van der Waals surface area contributed by atoms with Crippen LogP contribution < -0.4 is 9.46 Å². The molecular weight excluding hydrogens is 493 g/mol. The van der Waals surface area contributed by atoms with E-state index in [4.69, 9.17) is 10.00 Å². The van der Waals surface area contributed by atoms with Gasteiger partial charge in [0, 0.05) is 23.3 Å². The Morgan fingerprint density at radius 3 is 2.59 bits per heavy atom. The molecule has 8 nitrogen and oxygen atoms in total. The largest absolute Gasteiger partial charge is 0.478 e. The Balaban J connectivity index is 1.57. The fraction of sp³-hybridized carbons (Fsp3) is 0.0370. The molecular formula is C27H18FN5O3S. The zero-order valence-corrected chi connectivity index (χ0v) is 20.0. The minimum atomic E-state index is -3.89. The third-order valence-corrected chi connectivity index (χ3v) is 6.91. The zero-order chi connectivity index (χ0) is 25.8. The van der Waals surface area contributed by atoms with Gasteiger partial charge < -0.3 is 4.74 Å². The van der Waals surface area contributed by atoms with E-state index >= 15 is 0 Å². The van der Waals surface area contributed by atoms with Gasteiger partial charge in [-0.05, 0) is 65.0 Å². The predicted molar refractivity (Wildman–Crippen MR) is 137 cm³/mol. The number of benzene rings is 3. The molecule has 2 aromatic heterocycles. The summed E-state index contributed by atoms with van der Waals surface area (Å²) in [6, 6.07) is 21.3. The highest BCUT2D eigenvalue weighted by Crippen LogP contribution is 2.37. The highest BCUT2D eigenvalue weighted by Gasteiger charge is 2.18. The summed E-state index contributed by atoms with van der Waals surface area (Å²) in [5.41, 5.74) is 2.52. The molecule has 2 heterocycles. The molecule has 182 valence electrons. The maximum atomic E-state index is 13.8. The summed E-state index contributed by atoms with van der Waals surface area (Å²) in [5.74, 6) is 0.186. The van der Waals surface area contributed by atoms with Crippen LogP contribution in [0.3, 0.4) is 0 Å². The summed E-state index contributed by atoms with van der Waals surface area (Å²) in [5, 5.41) is 10.4. The van der Waals surface area contributed by atoms with E-state index in [0.717, 1.165) is 0 Å². The van der Waals surface area contributed by atoms with Crippen molar-refractivity contribution in [2.45, 2.75) is 4.90 Å². The van der Waals surface area contributed by atoms with Crippen LogP contribution in [0.4, 0.5) is 10.2 Å². The van der Waals surface area contributed by atoms with E-state index in [1.807, 2.05) is 12.1 Å². The van der Waals surface area contributed by atoms with Crippen molar-refractivity contribution in [3.05, 3.63) is 97.3 Å². The summed E-state index contributed by atoms with van der Waals surface area (Å²) < 4.78 is 47.7. The molecule has 3 aromatic carbocycles. The molecule has 0 saturated carbocycles. The summed E-state index contributed by atoms with van der Waals surface area (Å²) >= 11 is 0. The lowest BCUT2D eigenvalue weighted by Crippen LogP contribution is -2.13. The highest BCUT2D eigenvalue weighted by atomic mass is 32.2. The van der Waals surface area contributed by atoms with Crippen LogP contribution in [-0.4, -0.2) is 30.0 Å². The Morgan fingerprint density at radius 1 is 0.946 bits per heavy atom. The number of nitriles is 1. The SMILES string of the molecule is N#CCOc1cc(-c2cccc(F)c2)ccc1-c1nccc2cc(S(=O)(=O)Nc3ccncn3)ccc12. The predicted octanol–water partition coefficient (Wildman–Crippen LogP) is 5.20. The third kappa shape index (κ3) is 5.07. The molecule has 0 bridgehead atoms. The second-order valence-corrected chi connectivity index (χ2v) is 9.59. The van der Waals surface area contributed by atoms with Crippen molar-refractivity contribution in [3.63, 3.8) is 0 Å². The normalized spacial score (nSPS) is 11.1. The number of ether oxygens (including phenoxy) is 1. The van der Waals surface area contributed by atoms with Crippen LogP contribution in [0.25, 0.3) is 33.2 Å². The van der Waals surface area contributed by atoms with Crippen molar-refractivity contribution in [2.75, 3.05) is 11.3 Å². The first-order chi connectivity index (χ1) is 17.9. The van der Waals surface area contributed by atoms with E-state index < -0.39 is 10.0 Å². The Labute approximate surface area is 212 Å². The van der Waals surface area contributed by atoms with Gasteiger partial charge in [-0.1, -0.05) is 24.3 Å². The Hall–Kier alpha value is -4.88. The quantitative estimate of drug-likeness (QED) is 0.319.